The molecule has 9 heteroatoms. The Morgan fingerprint density at radius 2 is 2.12 bits per heavy atom. The average molecular weight is 447 g/mol. The van der Waals surface area contributed by atoms with Crippen LogP contribution in [0.5, 0.6) is 0 Å². The number of guanidine groups is 1. The van der Waals surface area contributed by atoms with Gasteiger partial charge in [0.1, 0.15) is 6.54 Å². The Hall–Kier alpha value is -1.36. The van der Waals surface area contributed by atoms with Gasteiger partial charge in [-0.3, -0.25) is 14.5 Å². The number of halogens is 1. The SMILES string of the molecule is CN=C(NCCN1CCC1)N1CCN(c2cnn(C)c2)C(=O)C1.I. The number of rotatable bonds is 4. The van der Waals surface area contributed by atoms with E-state index in [1.54, 1.807) is 22.8 Å². The van der Waals surface area contributed by atoms with Crippen LogP contribution in [0.1, 0.15) is 6.42 Å². The fourth-order valence-corrected chi connectivity index (χ4v) is 2.94. The number of aryl methyl sites for hydroxylation is 1. The number of aliphatic imine (C=N–C) groups is 1. The molecule has 1 aromatic rings. The summed E-state index contributed by atoms with van der Waals surface area (Å²) in [6, 6.07) is 0. The molecule has 2 fully saturated rings. The number of hydrogen-bond donors (Lipinski definition) is 1. The number of anilines is 1. The van der Waals surface area contributed by atoms with Crippen LogP contribution in [-0.2, 0) is 11.8 Å². The van der Waals surface area contributed by atoms with Gasteiger partial charge >= 0.3 is 0 Å². The summed E-state index contributed by atoms with van der Waals surface area (Å²) >= 11 is 0. The molecule has 3 rings (SSSR count). The predicted molar refractivity (Wildman–Crippen MR) is 105 cm³/mol. The summed E-state index contributed by atoms with van der Waals surface area (Å²) in [6.45, 7) is 6.05. The first-order chi connectivity index (χ1) is 11.2. The quantitative estimate of drug-likeness (QED) is 0.399. The number of aromatic nitrogens is 2. The highest BCUT2D eigenvalue weighted by Gasteiger charge is 2.27. The lowest BCUT2D eigenvalue weighted by molar-refractivity contribution is -0.120. The monoisotopic (exact) mass is 447 g/mol. The fraction of sp³-hybridized carbons (Fsp3) is 0.667. The maximum Gasteiger partial charge on any atom is 0.246 e. The van der Waals surface area contributed by atoms with Crippen molar-refractivity contribution >= 4 is 41.5 Å². The van der Waals surface area contributed by atoms with Crippen LogP contribution in [0.2, 0.25) is 0 Å². The van der Waals surface area contributed by atoms with Crippen LogP contribution < -0.4 is 10.2 Å². The van der Waals surface area contributed by atoms with E-state index in [4.69, 9.17) is 0 Å². The summed E-state index contributed by atoms with van der Waals surface area (Å²) in [4.78, 5) is 23.0. The van der Waals surface area contributed by atoms with Crippen LogP contribution in [0.15, 0.2) is 17.4 Å². The smallest absolute Gasteiger partial charge is 0.246 e. The van der Waals surface area contributed by atoms with Crippen LogP contribution in [-0.4, -0.2) is 84.3 Å². The van der Waals surface area contributed by atoms with Gasteiger partial charge in [0.15, 0.2) is 5.96 Å². The van der Waals surface area contributed by atoms with Gasteiger partial charge in [-0.25, -0.2) is 0 Å². The number of nitrogens with one attached hydrogen (secondary N) is 1. The van der Waals surface area contributed by atoms with Crippen LogP contribution in [0.4, 0.5) is 5.69 Å². The molecular weight excluding hydrogens is 421 g/mol. The number of nitrogens with zero attached hydrogens (tertiary/aromatic N) is 6. The van der Waals surface area contributed by atoms with Crippen molar-refractivity contribution in [1.82, 2.24) is 24.9 Å². The van der Waals surface area contributed by atoms with Crippen LogP contribution >= 0.6 is 24.0 Å². The molecule has 0 atom stereocenters. The van der Waals surface area contributed by atoms with Crippen LogP contribution in [0, 0.1) is 0 Å². The zero-order valence-electron chi connectivity index (χ0n) is 14.3. The zero-order chi connectivity index (χ0) is 16.2. The van der Waals surface area contributed by atoms with E-state index in [2.05, 4.69) is 20.3 Å². The van der Waals surface area contributed by atoms with Crippen molar-refractivity contribution in [2.45, 2.75) is 6.42 Å². The summed E-state index contributed by atoms with van der Waals surface area (Å²) in [6.07, 6.45) is 4.90. The number of carbonyl (C=O) groups is 1. The fourth-order valence-electron chi connectivity index (χ4n) is 2.94. The predicted octanol–water partition coefficient (Wildman–Crippen LogP) is -0.0322. The summed E-state index contributed by atoms with van der Waals surface area (Å²) < 4.78 is 1.71. The molecule has 0 unspecified atom stereocenters. The number of hydrogen-bond acceptors (Lipinski definition) is 4. The van der Waals surface area contributed by atoms with E-state index in [0.717, 1.165) is 31.3 Å². The van der Waals surface area contributed by atoms with Gasteiger partial charge < -0.3 is 20.0 Å². The molecule has 8 nitrogen and oxygen atoms in total. The van der Waals surface area contributed by atoms with E-state index < -0.39 is 0 Å². The molecule has 2 aliphatic heterocycles. The first kappa shape index (κ1) is 19.0. The van der Waals surface area contributed by atoms with Crippen molar-refractivity contribution in [3.05, 3.63) is 12.4 Å². The summed E-state index contributed by atoms with van der Waals surface area (Å²) in [5, 5.41) is 7.50. The van der Waals surface area contributed by atoms with Crippen molar-refractivity contribution in [3.8, 4) is 0 Å². The lowest BCUT2D eigenvalue weighted by Crippen LogP contribution is -2.56. The third-order valence-corrected chi connectivity index (χ3v) is 4.39. The zero-order valence-corrected chi connectivity index (χ0v) is 16.6. The maximum atomic E-state index is 12.4. The number of carbonyl (C=O) groups excluding carboxylic acids is 1. The molecule has 134 valence electrons. The summed E-state index contributed by atoms with van der Waals surface area (Å²) in [7, 11) is 3.62. The third kappa shape index (κ3) is 4.38. The largest absolute Gasteiger partial charge is 0.355 e. The molecule has 2 aliphatic rings. The lowest BCUT2D eigenvalue weighted by atomic mass is 10.2. The second-order valence-electron chi connectivity index (χ2n) is 6.01. The Labute approximate surface area is 159 Å². The first-order valence-corrected chi connectivity index (χ1v) is 8.14. The molecule has 1 N–H and O–H groups in total. The highest BCUT2D eigenvalue weighted by molar-refractivity contribution is 14.0. The summed E-state index contributed by atoms with van der Waals surface area (Å²) in [5.74, 6) is 0.889. The van der Waals surface area contributed by atoms with Gasteiger partial charge in [-0.05, 0) is 19.5 Å². The minimum atomic E-state index is 0. The minimum absolute atomic E-state index is 0. The van der Waals surface area contributed by atoms with Gasteiger partial charge in [-0.2, -0.15) is 5.10 Å². The Kier molecular flexibility index (Phi) is 6.84. The van der Waals surface area contributed by atoms with Gasteiger partial charge in [-0.15, -0.1) is 24.0 Å². The lowest BCUT2D eigenvalue weighted by Gasteiger charge is -2.36. The summed E-state index contributed by atoms with van der Waals surface area (Å²) in [5.41, 5.74) is 0.859. The molecule has 24 heavy (non-hydrogen) atoms. The van der Waals surface area contributed by atoms with Gasteiger partial charge in [0.2, 0.25) is 5.91 Å². The normalized spacial score (nSPS) is 19.1. The van der Waals surface area contributed by atoms with Crippen molar-refractivity contribution in [2.75, 3.05) is 57.8 Å². The Bertz CT molecular complexity index is 584. The van der Waals surface area contributed by atoms with Crippen molar-refractivity contribution < 1.29 is 4.79 Å². The third-order valence-electron chi connectivity index (χ3n) is 4.39. The highest BCUT2D eigenvalue weighted by Crippen LogP contribution is 2.16. The second kappa shape index (κ2) is 8.65. The number of likely N-dealkylation sites (tertiary alicyclic amines) is 1. The van der Waals surface area contributed by atoms with Crippen LogP contribution in [0.25, 0.3) is 0 Å². The van der Waals surface area contributed by atoms with Crippen molar-refractivity contribution in [2.24, 2.45) is 12.0 Å². The average Bonchev–Trinajstić information content (AvgIpc) is 2.92. The van der Waals surface area contributed by atoms with E-state index >= 15 is 0 Å². The second-order valence-corrected chi connectivity index (χ2v) is 6.01. The number of piperazine rings is 1. The van der Waals surface area contributed by atoms with Crippen LogP contribution in [0.3, 0.4) is 0 Å². The van der Waals surface area contributed by atoms with E-state index in [-0.39, 0.29) is 29.9 Å². The van der Waals surface area contributed by atoms with Crippen molar-refractivity contribution in [3.63, 3.8) is 0 Å². The van der Waals surface area contributed by atoms with Gasteiger partial charge in [0.05, 0.1) is 11.9 Å². The Morgan fingerprint density at radius 1 is 1.33 bits per heavy atom. The Balaban J connectivity index is 0.00000208. The molecule has 2 saturated heterocycles. The molecule has 0 aliphatic carbocycles. The molecule has 1 amide bonds. The topological polar surface area (TPSA) is 69.0 Å². The molecular formula is C15H26IN7O. The molecule has 0 aromatic carbocycles. The van der Waals surface area contributed by atoms with Crippen molar-refractivity contribution in [1.29, 1.82) is 0 Å². The molecule has 0 spiro atoms. The molecule has 3 heterocycles. The Morgan fingerprint density at radius 3 is 2.67 bits per heavy atom. The van der Waals surface area contributed by atoms with Gasteiger partial charge in [0, 0.05) is 46.5 Å². The molecule has 0 saturated carbocycles. The van der Waals surface area contributed by atoms with E-state index in [1.165, 1.54) is 19.5 Å². The first-order valence-electron chi connectivity index (χ1n) is 8.14. The molecule has 0 bridgehead atoms. The van der Waals surface area contributed by atoms with E-state index in [9.17, 15) is 4.79 Å². The highest BCUT2D eigenvalue weighted by atomic mass is 127. The molecule has 0 radical (unpaired) electrons. The van der Waals surface area contributed by atoms with Gasteiger partial charge in [-0.1, -0.05) is 0 Å². The van der Waals surface area contributed by atoms with E-state index in [0.29, 0.717) is 13.1 Å². The standard InChI is InChI=1S/C15H25N7O.HI/c1-16-15(17-4-7-20-5-3-6-20)21-8-9-22(14(23)12-21)13-10-18-19(2)11-13;/h10-11H,3-9,12H2,1-2H3,(H,16,17);1H. The van der Waals surface area contributed by atoms with E-state index in [1.807, 2.05) is 18.1 Å². The van der Waals surface area contributed by atoms with Gasteiger partial charge in [0.25, 0.3) is 0 Å². The number of amides is 1. The minimum Gasteiger partial charge on any atom is -0.355 e. The molecule has 1 aromatic heterocycles. The maximum absolute atomic E-state index is 12.4.